The number of ketones is 1. The lowest BCUT2D eigenvalue weighted by Gasteiger charge is -2.04. The van der Waals surface area contributed by atoms with Gasteiger partial charge in [-0.3, -0.25) is 4.79 Å². The first-order valence-electron chi connectivity index (χ1n) is 6.21. The molecule has 0 fully saturated rings. The lowest BCUT2D eigenvalue weighted by atomic mass is 10.0. The number of fused-ring (bicyclic) bond motifs is 1. The van der Waals surface area contributed by atoms with Gasteiger partial charge in [-0.05, 0) is 43.0 Å². The number of pyridine rings is 1. The molecule has 0 spiro atoms. The summed E-state index contributed by atoms with van der Waals surface area (Å²) in [6.45, 7) is 5.93. The summed E-state index contributed by atoms with van der Waals surface area (Å²) in [6.07, 6.45) is 8.23. The van der Waals surface area contributed by atoms with Gasteiger partial charge in [-0.15, -0.1) is 0 Å². The van der Waals surface area contributed by atoms with Crippen LogP contribution in [0.5, 0.6) is 0 Å². The van der Waals surface area contributed by atoms with Crippen LogP contribution in [0, 0.1) is 5.92 Å². The Kier molecular flexibility index (Phi) is 3.60. The number of carbonyl (C=O) groups is 1. The molecule has 0 aliphatic carbocycles. The third kappa shape index (κ3) is 2.86. The number of hydrogen-bond donors (Lipinski definition) is 1. The molecule has 0 aliphatic heterocycles. The van der Waals surface area contributed by atoms with E-state index in [-0.39, 0.29) is 5.78 Å². The zero-order valence-electron chi connectivity index (χ0n) is 11.0. The molecule has 0 bridgehead atoms. The molecule has 18 heavy (non-hydrogen) atoms. The molecule has 0 amide bonds. The third-order valence-corrected chi connectivity index (χ3v) is 2.76. The van der Waals surface area contributed by atoms with Crippen LogP contribution in [0.2, 0.25) is 0 Å². The predicted molar refractivity (Wildman–Crippen MR) is 74.4 cm³/mol. The minimum absolute atomic E-state index is 0.0515. The lowest BCUT2D eigenvalue weighted by molar-refractivity contribution is -0.112. The highest BCUT2D eigenvalue weighted by atomic mass is 16.1. The Balaban J connectivity index is 2.40. The smallest absolute Gasteiger partial charge is 0.152 e. The van der Waals surface area contributed by atoms with Gasteiger partial charge in [-0.25, -0.2) is 4.98 Å². The molecule has 0 aliphatic rings. The summed E-state index contributed by atoms with van der Waals surface area (Å²) in [7, 11) is 0. The van der Waals surface area contributed by atoms with Gasteiger partial charge in [-0.1, -0.05) is 13.8 Å². The van der Waals surface area contributed by atoms with Crippen LogP contribution in [0.3, 0.4) is 0 Å². The second-order valence-electron chi connectivity index (χ2n) is 5.03. The van der Waals surface area contributed by atoms with Crippen molar-refractivity contribution in [3.63, 3.8) is 0 Å². The summed E-state index contributed by atoms with van der Waals surface area (Å²) < 4.78 is 0. The van der Waals surface area contributed by atoms with Crippen molar-refractivity contribution in [2.45, 2.75) is 27.2 Å². The Morgan fingerprint density at radius 1 is 1.50 bits per heavy atom. The Bertz CT molecular complexity index is 594. The molecule has 3 nitrogen and oxygen atoms in total. The summed E-state index contributed by atoms with van der Waals surface area (Å²) in [6, 6.07) is 2.15. The highest BCUT2D eigenvalue weighted by Crippen LogP contribution is 2.20. The first-order valence-corrected chi connectivity index (χ1v) is 6.21. The molecule has 0 radical (unpaired) electrons. The van der Waals surface area contributed by atoms with Crippen molar-refractivity contribution in [1.82, 2.24) is 9.97 Å². The first kappa shape index (κ1) is 12.6. The number of nitrogens with zero attached hydrogens (tertiary/aromatic N) is 1. The van der Waals surface area contributed by atoms with E-state index < -0.39 is 0 Å². The zero-order valence-corrected chi connectivity index (χ0v) is 11.0. The predicted octanol–water partition coefficient (Wildman–Crippen LogP) is 3.36. The Morgan fingerprint density at radius 3 is 2.94 bits per heavy atom. The van der Waals surface area contributed by atoms with E-state index in [1.165, 1.54) is 5.56 Å². The molecule has 2 aromatic rings. The molecule has 1 N–H and O–H groups in total. The average Bonchev–Trinajstić information content (AvgIpc) is 2.68. The van der Waals surface area contributed by atoms with Crippen LogP contribution in [0.25, 0.3) is 17.1 Å². The van der Waals surface area contributed by atoms with Crippen molar-refractivity contribution in [2.75, 3.05) is 0 Å². The van der Waals surface area contributed by atoms with Crippen molar-refractivity contribution < 1.29 is 4.79 Å². The first-order chi connectivity index (χ1) is 8.56. The molecule has 2 heterocycles. The van der Waals surface area contributed by atoms with Gasteiger partial charge in [0.25, 0.3) is 0 Å². The molecule has 2 aromatic heterocycles. The summed E-state index contributed by atoms with van der Waals surface area (Å²) in [5, 5.41) is 1.07. The van der Waals surface area contributed by atoms with Crippen LogP contribution in [0.1, 0.15) is 31.9 Å². The number of rotatable bonds is 4. The molecular formula is C15H18N2O. The molecule has 0 saturated carbocycles. The van der Waals surface area contributed by atoms with Crippen LogP contribution in [0.4, 0.5) is 0 Å². The fourth-order valence-electron chi connectivity index (χ4n) is 2.00. The highest BCUT2D eigenvalue weighted by molar-refractivity contribution is 5.95. The number of nitrogens with one attached hydrogen (secondary N) is 1. The van der Waals surface area contributed by atoms with E-state index in [2.05, 4.69) is 29.9 Å². The standard InChI is InChI=1S/C15H18N2O/c1-10(2)6-12-7-14-13(5-4-11(3)18)9-17-15(14)16-8-12/h4-5,7-10H,6H2,1-3H3,(H,16,17)/b5-4+. The van der Waals surface area contributed by atoms with Gasteiger partial charge in [0, 0.05) is 23.3 Å². The molecule has 0 saturated heterocycles. The van der Waals surface area contributed by atoms with Crippen molar-refractivity contribution in [2.24, 2.45) is 5.92 Å². The van der Waals surface area contributed by atoms with E-state index in [9.17, 15) is 4.79 Å². The van der Waals surface area contributed by atoms with Crippen LogP contribution < -0.4 is 0 Å². The van der Waals surface area contributed by atoms with E-state index in [0.717, 1.165) is 23.0 Å². The van der Waals surface area contributed by atoms with Crippen LogP contribution in [-0.4, -0.2) is 15.8 Å². The minimum Gasteiger partial charge on any atom is -0.346 e. The van der Waals surface area contributed by atoms with E-state index >= 15 is 0 Å². The molecule has 94 valence electrons. The maximum atomic E-state index is 11.0. The molecular weight excluding hydrogens is 224 g/mol. The van der Waals surface area contributed by atoms with Gasteiger partial charge in [0.15, 0.2) is 5.78 Å². The second-order valence-corrected chi connectivity index (χ2v) is 5.03. The van der Waals surface area contributed by atoms with Gasteiger partial charge in [0.1, 0.15) is 5.65 Å². The van der Waals surface area contributed by atoms with Gasteiger partial charge >= 0.3 is 0 Å². The molecule has 0 atom stereocenters. The summed E-state index contributed by atoms with van der Waals surface area (Å²) >= 11 is 0. The topological polar surface area (TPSA) is 45.8 Å². The largest absolute Gasteiger partial charge is 0.346 e. The zero-order chi connectivity index (χ0) is 13.1. The van der Waals surface area contributed by atoms with Gasteiger partial charge in [0.2, 0.25) is 0 Å². The van der Waals surface area contributed by atoms with E-state index in [0.29, 0.717) is 5.92 Å². The maximum Gasteiger partial charge on any atom is 0.152 e. The minimum atomic E-state index is 0.0515. The Labute approximate surface area is 107 Å². The van der Waals surface area contributed by atoms with Crippen LogP contribution in [-0.2, 0) is 11.2 Å². The molecule has 0 unspecified atom stereocenters. The fraction of sp³-hybridized carbons (Fsp3) is 0.333. The SMILES string of the molecule is CC(=O)/C=C/c1c[nH]c2ncc(CC(C)C)cc12. The van der Waals surface area contributed by atoms with Crippen LogP contribution >= 0.6 is 0 Å². The van der Waals surface area contributed by atoms with Crippen molar-refractivity contribution in [3.8, 4) is 0 Å². The second kappa shape index (κ2) is 5.17. The molecule has 2 rings (SSSR count). The lowest BCUT2D eigenvalue weighted by Crippen LogP contribution is -1.94. The van der Waals surface area contributed by atoms with Gasteiger partial charge in [0.05, 0.1) is 0 Å². The molecule has 0 aromatic carbocycles. The van der Waals surface area contributed by atoms with Crippen molar-refractivity contribution >= 4 is 22.9 Å². The van der Waals surface area contributed by atoms with E-state index in [1.54, 1.807) is 13.0 Å². The maximum absolute atomic E-state index is 11.0. The Morgan fingerprint density at radius 2 is 2.28 bits per heavy atom. The Hall–Kier alpha value is -1.90. The van der Waals surface area contributed by atoms with E-state index in [1.807, 2.05) is 18.5 Å². The normalized spacial score (nSPS) is 11.8. The molecule has 3 heteroatoms. The number of aromatic amines is 1. The van der Waals surface area contributed by atoms with Crippen molar-refractivity contribution in [3.05, 3.63) is 35.7 Å². The average molecular weight is 242 g/mol. The quantitative estimate of drug-likeness (QED) is 0.835. The van der Waals surface area contributed by atoms with E-state index in [4.69, 9.17) is 0 Å². The third-order valence-electron chi connectivity index (χ3n) is 2.76. The summed E-state index contributed by atoms with van der Waals surface area (Å²) in [5.74, 6) is 0.662. The number of aromatic nitrogens is 2. The number of H-pyrrole nitrogens is 1. The number of allylic oxidation sites excluding steroid dienone is 1. The van der Waals surface area contributed by atoms with Gasteiger partial charge in [-0.2, -0.15) is 0 Å². The summed E-state index contributed by atoms with van der Waals surface area (Å²) in [5.41, 5.74) is 3.11. The monoisotopic (exact) mass is 242 g/mol. The number of hydrogen-bond acceptors (Lipinski definition) is 2. The summed E-state index contributed by atoms with van der Waals surface area (Å²) in [4.78, 5) is 18.5. The van der Waals surface area contributed by atoms with Crippen molar-refractivity contribution in [1.29, 1.82) is 0 Å². The van der Waals surface area contributed by atoms with Crippen LogP contribution in [0.15, 0.2) is 24.5 Å². The van der Waals surface area contributed by atoms with Gasteiger partial charge < -0.3 is 4.98 Å². The fourth-order valence-corrected chi connectivity index (χ4v) is 2.00. The number of carbonyl (C=O) groups excluding carboxylic acids is 1. The highest BCUT2D eigenvalue weighted by Gasteiger charge is 2.05.